The van der Waals surface area contributed by atoms with Crippen LogP contribution in [0.2, 0.25) is 0 Å². The van der Waals surface area contributed by atoms with Crippen molar-refractivity contribution in [2.45, 2.75) is 19.8 Å². The second kappa shape index (κ2) is 11.3. The zero-order valence-electron chi connectivity index (χ0n) is 10.4. The van der Waals surface area contributed by atoms with Crippen LogP contribution in [0.1, 0.15) is 19.8 Å². The molecule has 0 rings (SSSR count). The summed E-state index contributed by atoms with van der Waals surface area (Å²) in [4.78, 5) is 21.6. The molecule has 0 fully saturated rings. The van der Waals surface area contributed by atoms with Crippen molar-refractivity contribution in [2.24, 2.45) is 0 Å². The number of ether oxygens (including phenoxy) is 4. The first-order valence-electron chi connectivity index (χ1n) is 5.58. The lowest BCUT2D eigenvalue weighted by Gasteiger charge is -2.06. The Kier molecular flexibility index (Phi) is 10.6. The molecule has 0 radical (unpaired) electrons. The van der Waals surface area contributed by atoms with Crippen LogP contribution >= 0.6 is 0 Å². The molecule has 0 aliphatic carbocycles. The minimum Gasteiger partial charge on any atom is -0.467 e. The summed E-state index contributed by atoms with van der Waals surface area (Å²) in [7, 11) is 1.30. The molecule has 6 nitrogen and oxygen atoms in total. The fourth-order valence-corrected chi connectivity index (χ4v) is 0.925. The second-order valence-electron chi connectivity index (χ2n) is 3.21. The van der Waals surface area contributed by atoms with E-state index >= 15 is 0 Å². The average Bonchev–Trinajstić information content (AvgIpc) is 2.32. The van der Waals surface area contributed by atoms with Crippen molar-refractivity contribution in [2.75, 3.05) is 40.1 Å². The Hall–Kier alpha value is -1.14. The van der Waals surface area contributed by atoms with E-state index in [1.54, 1.807) is 0 Å². The first-order valence-corrected chi connectivity index (χ1v) is 5.58. The van der Waals surface area contributed by atoms with E-state index in [9.17, 15) is 9.59 Å². The quantitative estimate of drug-likeness (QED) is 0.415. The number of hydrogen-bond acceptors (Lipinski definition) is 6. The van der Waals surface area contributed by atoms with Crippen LogP contribution < -0.4 is 0 Å². The summed E-state index contributed by atoms with van der Waals surface area (Å²) < 4.78 is 19.3. The highest BCUT2D eigenvalue weighted by molar-refractivity contribution is 5.70. The summed E-state index contributed by atoms with van der Waals surface area (Å²) in [6, 6.07) is 0. The van der Waals surface area contributed by atoms with Crippen LogP contribution in [0.25, 0.3) is 0 Å². The number of rotatable bonds is 10. The zero-order chi connectivity index (χ0) is 12.9. The second-order valence-corrected chi connectivity index (χ2v) is 3.21. The summed E-state index contributed by atoms with van der Waals surface area (Å²) in [5.41, 5.74) is 0. The van der Waals surface area contributed by atoms with Crippen molar-refractivity contribution < 1.29 is 28.5 Å². The van der Waals surface area contributed by atoms with E-state index < -0.39 is 5.97 Å². The van der Waals surface area contributed by atoms with Crippen molar-refractivity contribution in [1.29, 1.82) is 0 Å². The molecule has 0 aromatic heterocycles. The largest absolute Gasteiger partial charge is 0.467 e. The van der Waals surface area contributed by atoms with Gasteiger partial charge in [0.2, 0.25) is 0 Å². The molecule has 0 aliphatic rings. The Morgan fingerprint density at radius 1 is 0.941 bits per heavy atom. The Labute approximate surface area is 101 Å². The third-order valence-corrected chi connectivity index (χ3v) is 1.76. The molecule has 6 heteroatoms. The van der Waals surface area contributed by atoms with Crippen LogP contribution in [-0.2, 0) is 28.5 Å². The van der Waals surface area contributed by atoms with Gasteiger partial charge in [0.05, 0.1) is 26.9 Å². The zero-order valence-corrected chi connectivity index (χ0v) is 10.4. The molecule has 0 saturated heterocycles. The maximum atomic E-state index is 10.9. The average molecular weight is 248 g/mol. The lowest BCUT2D eigenvalue weighted by molar-refractivity contribution is -0.148. The molecule has 0 aromatic carbocycles. The van der Waals surface area contributed by atoms with E-state index in [0.29, 0.717) is 26.2 Å². The monoisotopic (exact) mass is 248 g/mol. The van der Waals surface area contributed by atoms with Gasteiger partial charge in [-0.15, -0.1) is 0 Å². The van der Waals surface area contributed by atoms with Crippen LogP contribution in [0.3, 0.4) is 0 Å². The normalized spacial score (nSPS) is 10.0. The van der Waals surface area contributed by atoms with Crippen LogP contribution in [0.4, 0.5) is 0 Å². The molecule has 0 aliphatic heterocycles. The standard InChI is InChI=1S/C11H20O6/c1-3-4-10(12)17-8-7-15-5-6-16-9-11(13)14-2/h3-9H2,1-2H3. The first-order chi connectivity index (χ1) is 8.20. The Morgan fingerprint density at radius 3 is 2.24 bits per heavy atom. The molecule has 0 atom stereocenters. The molecule has 0 N–H and O–H groups in total. The molecule has 100 valence electrons. The van der Waals surface area contributed by atoms with Gasteiger partial charge in [0, 0.05) is 6.42 Å². The van der Waals surface area contributed by atoms with E-state index in [1.165, 1.54) is 7.11 Å². The molecular formula is C11H20O6. The molecule has 17 heavy (non-hydrogen) atoms. The van der Waals surface area contributed by atoms with Gasteiger partial charge >= 0.3 is 11.9 Å². The Morgan fingerprint density at radius 2 is 1.59 bits per heavy atom. The van der Waals surface area contributed by atoms with Gasteiger partial charge < -0.3 is 18.9 Å². The Bertz CT molecular complexity index is 216. The fraction of sp³-hybridized carbons (Fsp3) is 0.818. The van der Waals surface area contributed by atoms with Crippen LogP contribution in [0.5, 0.6) is 0 Å². The van der Waals surface area contributed by atoms with Gasteiger partial charge in [-0.05, 0) is 6.42 Å². The highest BCUT2D eigenvalue weighted by Crippen LogP contribution is 1.91. The van der Waals surface area contributed by atoms with E-state index in [4.69, 9.17) is 14.2 Å². The Balaban J connectivity index is 3.13. The summed E-state index contributed by atoms with van der Waals surface area (Å²) in [6.07, 6.45) is 1.21. The smallest absolute Gasteiger partial charge is 0.331 e. The van der Waals surface area contributed by atoms with Gasteiger partial charge in [0.1, 0.15) is 13.2 Å². The summed E-state index contributed by atoms with van der Waals surface area (Å²) in [5.74, 6) is -0.628. The maximum absolute atomic E-state index is 10.9. The minimum atomic E-state index is -0.418. The first kappa shape index (κ1) is 15.9. The molecule has 0 aromatic rings. The maximum Gasteiger partial charge on any atom is 0.331 e. The van der Waals surface area contributed by atoms with Crippen molar-refractivity contribution in [1.82, 2.24) is 0 Å². The topological polar surface area (TPSA) is 71.1 Å². The number of carbonyl (C=O) groups excluding carboxylic acids is 2. The van der Waals surface area contributed by atoms with Gasteiger partial charge in [-0.25, -0.2) is 4.79 Å². The predicted octanol–water partition coefficient (Wildman–Crippen LogP) is 0.536. The highest BCUT2D eigenvalue weighted by atomic mass is 16.6. The van der Waals surface area contributed by atoms with E-state index in [-0.39, 0.29) is 19.2 Å². The van der Waals surface area contributed by atoms with Gasteiger partial charge in [0.25, 0.3) is 0 Å². The lowest BCUT2D eigenvalue weighted by Crippen LogP contribution is -2.15. The number of carbonyl (C=O) groups is 2. The van der Waals surface area contributed by atoms with Gasteiger partial charge in [-0.3, -0.25) is 4.79 Å². The van der Waals surface area contributed by atoms with E-state index in [2.05, 4.69) is 4.74 Å². The van der Waals surface area contributed by atoms with Crippen molar-refractivity contribution in [3.05, 3.63) is 0 Å². The number of hydrogen-bond donors (Lipinski definition) is 0. The summed E-state index contributed by atoms with van der Waals surface area (Å²) in [6.45, 7) is 3.06. The molecule has 0 saturated carbocycles. The van der Waals surface area contributed by atoms with Gasteiger partial charge in [-0.1, -0.05) is 6.92 Å². The number of esters is 2. The molecule has 0 bridgehead atoms. The highest BCUT2D eigenvalue weighted by Gasteiger charge is 2.00. The molecular weight excluding hydrogens is 228 g/mol. The fourth-order valence-electron chi connectivity index (χ4n) is 0.925. The summed E-state index contributed by atoms with van der Waals surface area (Å²) >= 11 is 0. The van der Waals surface area contributed by atoms with Gasteiger partial charge in [-0.2, -0.15) is 0 Å². The third-order valence-electron chi connectivity index (χ3n) is 1.76. The molecule has 0 amide bonds. The van der Waals surface area contributed by atoms with Crippen molar-refractivity contribution in [3.63, 3.8) is 0 Å². The number of methoxy groups -OCH3 is 1. The van der Waals surface area contributed by atoms with Crippen LogP contribution in [-0.4, -0.2) is 52.1 Å². The van der Waals surface area contributed by atoms with Gasteiger partial charge in [0.15, 0.2) is 0 Å². The minimum absolute atomic E-state index is 0.0780. The third kappa shape index (κ3) is 11.1. The summed E-state index contributed by atoms with van der Waals surface area (Å²) in [5, 5.41) is 0. The molecule has 0 heterocycles. The molecule has 0 spiro atoms. The molecule has 0 unspecified atom stereocenters. The van der Waals surface area contributed by atoms with Crippen LogP contribution in [0.15, 0.2) is 0 Å². The van der Waals surface area contributed by atoms with E-state index in [1.807, 2.05) is 6.92 Å². The van der Waals surface area contributed by atoms with E-state index in [0.717, 1.165) is 6.42 Å². The van der Waals surface area contributed by atoms with Crippen molar-refractivity contribution >= 4 is 11.9 Å². The predicted molar refractivity (Wildman–Crippen MR) is 59.5 cm³/mol. The lowest BCUT2D eigenvalue weighted by atomic mass is 10.3. The SMILES string of the molecule is CCCC(=O)OCCOCCOCC(=O)OC. The van der Waals surface area contributed by atoms with Crippen LogP contribution in [0, 0.1) is 0 Å². The van der Waals surface area contributed by atoms with Crippen molar-refractivity contribution in [3.8, 4) is 0 Å².